The summed E-state index contributed by atoms with van der Waals surface area (Å²) in [4.78, 5) is 5.11. The van der Waals surface area contributed by atoms with Crippen molar-refractivity contribution in [2.75, 3.05) is 31.1 Å². The van der Waals surface area contributed by atoms with Crippen molar-refractivity contribution in [3.63, 3.8) is 0 Å². The number of alkyl halides is 3. The summed E-state index contributed by atoms with van der Waals surface area (Å²) >= 11 is 1.43. The molecule has 4 nitrogen and oxygen atoms in total. The van der Waals surface area contributed by atoms with Gasteiger partial charge in [-0.15, -0.1) is 0 Å². The molecule has 152 valence electrons. The highest BCUT2D eigenvalue weighted by molar-refractivity contribution is 7.99. The summed E-state index contributed by atoms with van der Waals surface area (Å²) in [7, 11) is -5.40. The third-order valence-electron chi connectivity index (χ3n) is 4.75. The molecule has 0 atom stereocenters. The monoisotopic (exact) mass is 430 g/mol. The van der Waals surface area contributed by atoms with E-state index < -0.39 is 20.2 Å². The standard InChI is InChI=1S/C19H21F3N2O2S2/c1-3-23(4-2)11-12-24-15-7-5-6-8-17(15)27-18-10-9-14(13-16(18)24)28(25,26)19(20,21)22/h5-10,13H,3-4,11-12H2,1-2H3. The first-order valence-electron chi connectivity index (χ1n) is 8.91. The lowest BCUT2D eigenvalue weighted by Gasteiger charge is -2.34. The molecule has 1 heterocycles. The van der Waals surface area contributed by atoms with Crippen LogP contribution >= 0.6 is 11.8 Å². The van der Waals surface area contributed by atoms with Crippen LogP contribution in [0, 0.1) is 0 Å². The van der Waals surface area contributed by atoms with Crippen LogP contribution in [0.2, 0.25) is 0 Å². The zero-order valence-electron chi connectivity index (χ0n) is 15.5. The van der Waals surface area contributed by atoms with Gasteiger partial charge in [0.25, 0.3) is 9.84 Å². The summed E-state index contributed by atoms with van der Waals surface area (Å²) in [5, 5.41) is 0. The molecule has 0 spiro atoms. The Hall–Kier alpha value is -1.71. The van der Waals surface area contributed by atoms with E-state index in [1.165, 1.54) is 17.8 Å². The second-order valence-electron chi connectivity index (χ2n) is 6.33. The van der Waals surface area contributed by atoms with Crippen molar-refractivity contribution in [2.45, 2.75) is 34.0 Å². The molecule has 1 aliphatic rings. The third kappa shape index (κ3) is 3.88. The van der Waals surface area contributed by atoms with Crippen LogP contribution in [0.1, 0.15) is 13.8 Å². The Morgan fingerprint density at radius 1 is 1.00 bits per heavy atom. The highest BCUT2D eigenvalue weighted by Crippen LogP contribution is 2.49. The molecule has 0 fully saturated rings. The van der Waals surface area contributed by atoms with E-state index in [0.717, 1.165) is 40.7 Å². The SMILES string of the molecule is CCN(CC)CCN1c2ccccc2Sc2ccc(S(=O)(=O)C(F)(F)F)cc21. The average Bonchev–Trinajstić information content (AvgIpc) is 2.66. The highest BCUT2D eigenvalue weighted by Gasteiger charge is 2.47. The number of anilines is 2. The largest absolute Gasteiger partial charge is 0.501 e. The topological polar surface area (TPSA) is 40.6 Å². The Morgan fingerprint density at radius 3 is 2.29 bits per heavy atom. The van der Waals surface area contributed by atoms with Gasteiger partial charge in [-0.1, -0.05) is 37.7 Å². The van der Waals surface area contributed by atoms with Crippen molar-refractivity contribution in [3.8, 4) is 0 Å². The van der Waals surface area contributed by atoms with Gasteiger partial charge in [-0.2, -0.15) is 13.2 Å². The number of fused-ring (bicyclic) bond motifs is 2. The van der Waals surface area contributed by atoms with E-state index in [9.17, 15) is 21.6 Å². The van der Waals surface area contributed by atoms with Gasteiger partial charge in [0.15, 0.2) is 0 Å². The second kappa shape index (κ2) is 7.96. The van der Waals surface area contributed by atoms with E-state index >= 15 is 0 Å². The molecular weight excluding hydrogens is 409 g/mol. The van der Waals surface area contributed by atoms with Crippen LogP contribution < -0.4 is 4.90 Å². The van der Waals surface area contributed by atoms with Crippen molar-refractivity contribution < 1.29 is 21.6 Å². The molecule has 0 unspecified atom stereocenters. The minimum Gasteiger partial charge on any atom is -0.338 e. The van der Waals surface area contributed by atoms with E-state index in [1.54, 1.807) is 0 Å². The molecule has 0 aromatic heterocycles. The van der Waals surface area contributed by atoms with Crippen LogP contribution in [0.5, 0.6) is 0 Å². The number of benzene rings is 2. The summed E-state index contributed by atoms with van der Waals surface area (Å²) in [6, 6.07) is 11.3. The zero-order chi connectivity index (χ0) is 20.5. The Kier molecular flexibility index (Phi) is 5.97. The van der Waals surface area contributed by atoms with Gasteiger partial charge in [-0.3, -0.25) is 0 Å². The summed E-state index contributed by atoms with van der Waals surface area (Å²) in [5.41, 5.74) is -3.97. The van der Waals surface area contributed by atoms with Crippen molar-refractivity contribution >= 4 is 33.0 Å². The third-order valence-corrected chi connectivity index (χ3v) is 7.36. The summed E-state index contributed by atoms with van der Waals surface area (Å²) in [5.74, 6) is 0. The fourth-order valence-electron chi connectivity index (χ4n) is 3.13. The molecule has 0 amide bonds. The predicted molar refractivity (Wildman–Crippen MR) is 105 cm³/mol. The molecule has 3 rings (SSSR count). The molecule has 0 saturated heterocycles. The van der Waals surface area contributed by atoms with Crippen molar-refractivity contribution in [2.24, 2.45) is 0 Å². The maximum atomic E-state index is 13.0. The van der Waals surface area contributed by atoms with Gasteiger partial charge in [0, 0.05) is 22.9 Å². The fraction of sp³-hybridized carbons (Fsp3) is 0.368. The van der Waals surface area contributed by atoms with Gasteiger partial charge < -0.3 is 9.80 Å². The summed E-state index contributed by atoms with van der Waals surface area (Å²) in [6.45, 7) is 7.06. The Morgan fingerprint density at radius 2 is 1.64 bits per heavy atom. The van der Waals surface area contributed by atoms with Gasteiger partial charge in [-0.05, 0) is 43.4 Å². The average molecular weight is 431 g/mol. The molecule has 0 N–H and O–H groups in total. The molecule has 0 saturated carbocycles. The Balaban J connectivity index is 2.06. The Bertz CT molecular complexity index is 958. The minimum atomic E-state index is -5.40. The number of rotatable bonds is 6. The number of hydrogen-bond acceptors (Lipinski definition) is 5. The number of hydrogen-bond donors (Lipinski definition) is 0. The molecule has 9 heteroatoms. The smallest absolute Gasteiger partial charge is 0.338 e. The van der Waals surface area contributed by atoms with Crippen LogP contribution in [-0.2, 0) is 9.84 Å². The number of para-hydroxylation sites is 1. The van der Waals surface area contributed by atoms with E-state index in [1.807, 2.05) is 43.0 Å². The second-order valence-corrected chi connectivity index (χ2v) is 9.35. The van der Waals surface area contributed by atoms with Crippen LogP contribution in [0.3, 0.4) is 0 Å². The normalized spacial score (nSPS) is 14.1. The predicted octanol–water partition coefficient (Wildman–Crippen LogP) is 4.92. The first-order valence-corrected chi connectivity index (χ1v) is 11.2. The maximum Gasteiger partial charge on any atom is 0.501 e. The molecular formula is C19H21F3N2O2S2. The van der Waals surface area contributed by atoms with Gasteiger partial charge in [0.2, 0.25) is 0 Å². The number of nitrogens with zero attached hydrogens (tertiary/aromatic N) is 2. The van der Waals surface area contributed by atoms with E-state index in [2.05, 4.69) is 4.90 Å². The molecule has 2 aromatic carbocycles. The van der Waals surface area contributed by atoms with Crippen molar-refractivity contribution in [1.29, 1.82) is 0 Å². The summed E-state index contributed by atoms with van der Waals surface area (Å²) < 4.78 is 62.8. The number of likely N-dealkylation sites (N-methyl/N-ethyl adjacent to an activating group) is 1. The van der Waals surface area contributed by atoms with Crippen LogP contribution in [0.15, 0.2) is 57.2 Å². The first-order chi connectivity index (χ1) is 13.2. The minimum absolute atomic E-state index is 0.487. The van der Waals surface area contributed by atoms with Crippen molar-refractivity contribution in [3.05, 3.63) is 42.5 Å². The molecule has 0 aliphatic carbocycles. The molecule has 2 aromatic rings. The fourth-order valence-corrected chi connectivity index (χ4v) is 4.99. The lowest BCUT2D eigenvalue weighted by molar-refractivity contribution is -0.0436. The molecule has 0 bridgehead atoms. The Labute approximate surface area is 167 Å². The van der Waals surface area contributed by atoms with Gasteiger partial charge >= 0.3 is 5.51 Å². The van der Waals surface area contributed by atoms with E-state index in [4.69, 9.17) is 0 Å². The first kappa shape index (κ1) is 21.0. The van der Waals surface area contributed by atoms with Gasteiger partial charge in [0.05, 0.1) is 16.3 Å². The van der Waals surface area contributed by atoms with Crippen LogP contribution in [0.25, 0.3) is 0 Å². The lowest BCUT2D eigenvalue weighted by atomic mass is 10.2. The summed E-state index contributed by atoms with van der Waals surface area (Å²) in [6.07, 6.45) is 0. The van der Waals surface area contributed by atoms with E-state index in [-0.39, 0.29) is 0 Å². The maximum absolute atomic E-state index is 13.0. The zero-order valence-corrected chi connectivity index (χ0v) is 17.2. The van der Waals surface area contributed by atoms with Gasteiger partial charge in [-0.25, -0.2) is 8.42 Å². The molecule has 0 radical (unpaired) electrons. The quantitative estimate of drug-likeness (QED) is 0.650. The van der Waals surface area contributed by atoms with Crippen molar-refractivity contribution in [1.82, 2.24) is 4.90 Å². The van der Waals surface area contributed by atoms with Gasteiger partial charge in [0.1, 0.15) is 0 Å². The van der Waals surface area contributed by atoms with E-state index in [0.29, 0.717) is 18.8 Å². The van der Waals surface area contributed by atoms with Crippen LogP contribution in [0.4, 0.5) is 24.5 Å². The lowest BCUT2D eigenvalue weighted by Crippen LogP contribution is -2.34. The number of halogens is 3. The molecule has 1 aliphatic heterocycles. The highest BCUT2D eigenvalue weighted by atomic mass is 32.2. The van der Waals surface area contributed by atoms with Crippen LogP contribution in [-0.4, -0.2) is 45.0 Å². The molecule has 28 heavy (non-hydrogen) atoms. The number of sulfone groups is 1.